The van der Waals surface area contributed by atoms with Crippen LogP contribution in [-0.4, -0.2) is 12.6 Å². The standard InChI is InChI=1S/C12H15BrO2S/c1-4-12(3,11(14)15-5-2)7-10-6-9(13)8-16-10/h4,6,8H,1,5,7H2,2-3H3. The van der Waals surface area contributed by atoms with Gasteiger partial charge in [0.05, 0.1) is 12.0 Å². The minimum atomic E-state index is -0.639. The van der Waals surface area contributed by atoms with Gasteiger partial charge in [-0.05, 0) is 35.8 Å². The van der Waals surface area contributed by atoms with Crippen molar-refractivity contribution in [1.82, 2.24) is 0 Å². The third-order valence-electron chi connectivity index (χ3n) is 2.36. The molecule has 1 atom stereocenters. The minimum absolute atomic E-state index is 0.213. The van der Waals surface area contributed by atoms with Crippen LogP contribution in [0.15, 0.2) is 28.6 Å². The van der Waals surface area contributed by atoms with E-state index in [2.05, 4.69) is 22.5 Å². The second-order valence-electron chi connectivity index (χ2n) is 3.75. The van der Waals surface area contributed by atoms with Gasteiger partial charge in [0.2, 0.25) is 0 Å². The van der Waals surface area contributed by atoms with Gasteiger partial charge < -0.3 is 4.74 Å². The Balaban J connectivity index is 2.81. The number of hydrogen-bond acceptors (Lipinski definition) is 3. The summed E-state index contributed by atoms with van der Waals surface area (Å²) in [6.07, 6.45) is 2.30. The van der Waals surface area contributed by atoms with Crippen molar-refractivity contribution in [3.63, 3.8) is 0 Å². The van der Waals surface area contributed by atoms with E-state index in [0.717, 1.165) is 9.35 Å². The number of ether oxygens (including phenoxy) is 1. The van der Waals surface area contributed by atoms with E-state index >= 15 is 0 Å². The average molecular weight is 303 g/mol. The summed E-state index contributed by atoms with van der Waals surface area (Å²) in [6, 6.07) is 2.02. The second-order valence-corrected chi connectivity index (χ2v) is 5.66. The lowest BCUT2D eigenvalue weighted by molar-refractivity contribution is -0.151. The average Bonchev–Trinajstić information content (AvgIpc) is 2.64. The van der Waals surface area contributed by atoms with Crippen LogP contribution in [0.25, 0.3) is 0 Å². The van der Waals surface area contributed by atoms with Crippen molar-refractivity contribution in [2.24, 2.45) is 5.41 Å². The van der Waals surface area contributed by atoms with E-state index in [0.29, 0.717) is 13.0 Å². The topological polar surface area (TPSA) is 26.3 Å². The monoisotopic (exact) mass is 302 g/mol. The molecule has 0 fully saturated rings. The molecule has 1 heterocycles. The number of esters is 1. The summed E-state index contributed by atoms with van der Waals surface area (Å²) in [7, 11) is 0. The SMILES string of the molecule is C=CC(C)(Cc1cc(Br)cs1)C(=O)OCC. The summed E-state index contributed by atoms with van der Waals surface area (Å²) in [4.78, 5) is 12.9. The largest absolute Gasteiger partial charge is 0.465 e. The van der Waals surface area contributed by atoms with Crippen molar-refractivity contribution in [2.75, 3.05) is 6.61 Å². The molecule has 0 aliphatic carbocycles. The smallest absolute Gasteiger partial charge is 0.315 e. The summed E-state index contributed by atoms with van der Waals surface area (Å²) >= 11 is 5.02. The van der Waals surface area contributed by atoms with E-state index in [1.54, 1.807) is 17.4 Å². The minimum Gasteiger partial charge on any atom is -0.465 e. The highest BCUT2D eigenvalue weighted by Crippen LogP contribution is 2.30. The van der Waals surface area contributed by atoms with Crippen molar-refractivity contribution in [2.45, 2.75) is 20.3 Å². The molecule has 1 aromatic rings. The fraction of sp³-hybridized carbons (Fsp3) is 0.417. The first-order chi connectivity index (χ1) is 7.51. The predicted molar refractivity (Wildman–Crippen MR) is 70.7 cm³/mol. The molecule has 1 unspecified atom stereocenters. The zero-order valence-corrected chi connectivity index (χ0v) is 11.9. The van der Waals surface area contributed by atoms with E-state index in [9.17, 15) is 4.79 Å². The van der Waals surface area contributed by atoms with Gasteiger partial charge in [-0.25, -0.2) is 0 Å². The maximum atomic E-state index is 11.8. The van der Waals surface area contributed by atoms with Crippen LogP contribution in [0.5, 0.6) is 0 Å². The molecule has 0 saturated heterocycles. The lowest BCUT2D eigenvalue weighted by atomic mass is 9.86. The first-order valence-corrected chi connectivity index (χ1v) is 6.73. The van der Waals surface area contributed by atoms with Gasteiger partial charge in [0, 0.05) is 21.2 Å². The number of hydrogen-bond donors (Lipinski definition) is 0. The molecule has 0 N–H and O–H groups in total. The van der Waals surface area contributed by atoms with E-state index in [1.807, 2.05) is 25.3 Å². The first-order valence-electron chi connectivity index (χ1n) is 5.05. The molecule has 0 radical (unpaired) electrons. The molecular formula is C12H15BrO2S. The molecule has 88 valence electrons. The van der Waals surface area contributed by atoms with Gasteiger partial charge in [-0.1, -0.05) is 6.08 Å². The predicted octanol–water partition coefficient (Wildman–Crippen LogP) is 3.81. The van der Waals surface area contributed by atoms with Crippen molar-refractivity contribution >= 4 is 33.2 Å². The lowest BCUT2D eigenvalue weighted by Gasteiger charge is -2.22. The van der Waals surface area contributed by atoms with Crippen LogP contribution in [0.3, 0.4) is 0 Å². The fourth-order valence-electron chi connectivity index (χ4n) is 1.33. The van der Waals surface area contributed by atoms with Crippen molar-refractivity contribution in [1.29, 1.82) is 0 Å². The Morgan fingerprint density at radius 3 is 2.88 bits per heavy atom. The second kappa shape index (κ2) is 5.64. The number of rotatable bonds is 5. The molecule has 2 nitrogen and oxygen atoms in total. The van der Waals surface area contributed by atoms with Crippen molar-refractivity contribution < 1.29 is 9.53 Å². The Hall–Kier alpha value is -0.610. The molecule has 4 heteroatoms. The number of carbonyl (C=O) groups excluding carboxylic acids is 1. The zero-order chi connectivity index (χ0) is 12.2. The molecule has 16 heavy (non-hydrogen) atoms. The maximum absolute atomic E-state index is 11.8. The summed E-state index contributed by atoms with van der Waals surface area (Å²) in [5.74, 6) is -0.213. The van der Waals surface area contributed by atoms with Gasteiger partial charge in [0.15, 0.2) is 0 Å². The molecule has 0 spiro atoms. The molecule has 1 rings (SSSR count). The molecule has 0 amide bonds. The maximum Gasteiger partial charge on any atom is 0.315 e. The molecule has 0 aliphatic heterocycles. The highest BCUT2D eigenvalue weighted by atomic mass is 79.9. The highest BCUT2D eigenvalue weighted by Gasteiger charge is 2.32. The molecule has 0 saturated carbocycles. The number of halogens is 1. The molecule has 1 aromatic heterocycles. The quantitative estimate of drug-likeness (QED) is 0.611. The molecule has 0 bridgehead atoms. The summed E-state index contributed by atoms with van der Waals surface area (Å²) in [5, 5.41) is 2.00. The molecule has 0 aromatic carbocycles. The van der Waals surface area contributed by atoms with Crippen LogP contribution in [0.4, 0.5) is 0 Å². The summed E-state index contributed by atoms with van der Waals surface area (Å²) in [5.41, 5.74) is -0.639. The normalized spacial score (nSPS) is 14.2. The Kier molecular flexibility index (Phi) is 4.74. The summed E-state index contributed by atoms with van der Waals surface area (Å²) < 4.78 is 6.10. The number of carbonyl (C=O) groups is 1. The van der Waals surface area contributed by atoms with Gasteiger partial charge in [0.25, 0.3) is 0 Å². The number of thiophene rings is 1. The third-order valence-corrected chi connectivity index (χ3v) is 4.05. The van der Waals surface area contributed by atoms with Crippen LogP contribution >= 0.6 is 27.3 Å². The summed E-state index contributed by atoms with van der Waals surface area (Å²) in [6.45, 7) is 7.79. The van der Waals surface area contributed by atoms with Gasteiger partial charge in [-0.15, -0.1) is 17.9 Å². The lowest BCUT2D eigenvalue weighted by Crippen LogP contribution is -2.29. The molecule has 0 aliphatic rings. The molecular weight excluding hydrogens is 288 g/mol. The van der Waals surface area contributed by atoms with E-state index in [4.69, 9.17) is 4.74 Å². The zero-order valence-electron chi connectivity index (χ0n) is 9.46. The Bertz CT molecular complexity index is 386. The van der Waals surface area contributed by atoms with E-state index in [-0.39, 0.29) is 5.97 Å². The van der Waals surface area contributed by atoms with Crippen molar-refractivity contribution in [3.05, 3.63) is 33.5 Å². The first kappa shape index (κ1) is 13.5. The van der Waals surface area contributed by atoms with Gasteiger partial charge in [0.1, 0.15) is 0 Å². The van der Waals surface area contributed by atoms with Crippen LogP contribution in [0.1, 0.15) is 18.7 Å². The van der Waals surface area contributed by atoms with E-state index < -0.39 is 5.41 Å². The van der Waals surface area contributed by atoms with Crippen LogP contribution < -0.4 is 0 Å². The van der Waals surface area contributed by atoms with Crippen LogP contribution in [-0.2, 0) is 16.0 Å². The van der Waals surface area contributed by atoms with Crippen molar-refractivity contribution in [3.8, 4) is 0 Å². The van der Waals surface area contributed by atoms with Crippen LogP contribution in [0, 0.1) is 5.41 Å². The van der Waals surface area contributed by atoms with Crippen LogP contribution in [0.2, 0.25) is 0 Å². The Morgan fingerprint density at radius 1 is 1.75 bits per heavy atom. The highest BCUT2D eigenvalue weighted by molar-refractivity contribution is 9.10. The fourth-order valence-corrected chi connectivity index (χ4v) is 2.95. The third kappa shape index (κ3) is 3.19. The van der Waals surface area contributed by atoms with Gasteiger partial charge >= 0.3 is 5.97 Å². The van der Waals surface area contributed by atoms with Gasteiger partial charge in [-0.3, -0.25) is 4.79 Å². The van der Waals surface area contributed by atoms with Gasteiger partial charge in [-0.2, -0.15) is 0 Å². The Morgan fingerprint density at radius 2 is 2.44 bits per heavy atom. The van der Waals surface area contributed by atoms with E-state index in [1.165, 1.54) is 0 Å². The Labute approximate surface area is 108 Å².